The van der Waals surface area contributed by atoms with Crippen molar-refractivity contribution < 1.29 is 14.3 Å². The molecule has 1 aromatic rings. The van der Waals surface area contributed by atoms with Crippen LogP contribution in [-0.4, -0.2) is 35.4 Å². The Morgan fingerprint density at radius 1 is 1.43 bits per heavy atom. The number of carbonyl (C=O) groups excluding carboxylic acids is 2. The van der Waals surface area contributed by atoms with Gasteiger partial charge in [-0.2, -0.15) is 0 Å². The molecule has 0 atom stereocenters. The first-order valence-electron chi connectivity index (χ1n) is 7.28. The van der Waals surface area contributed by atoms with Gasteiger partial charge in [-0.3, -0.25) is 4.79 Å². The number of hydrogen-bond donors (Lipinski definition) is 0. The van der Waals surface area contributed by atoms with Crippen molar-refractivity contribution in [1.82, 2.24) is 9.88 Å². The van der Waals surface area contributed by atoms with Gasteiger partial charge in [-0.05, 0) is 18.8 Å². The van der Waals surface area contributed by atoms with Gasteiger partial charge in [0.2, 0.25) is 5.91 Å². The van der Waals surface area contributed by atoms with Crippen molar-refractivity contribution in [2.75, 3.05) is 13.7 Å². The van der Waals surface area contributed by atoms with Crippen LogP contribution in [0.2, 0.25) is 0 Å². The molecule has 0 aliphatic heterocycles. The Bertz CT molecular complexity index is 471. The van der Waals surface area contributed by atoms with Crippen LogP contribution in [0.25, 0.3) is 0 Å². The van der Waals surface area contributed by atoms with Gasteiger partial charge in [0, 0.05) is 18.3 Å². The minimum Gasteiger partial charge on any atom is -0.464 e. The summed E-state index contributed by atoms with van der Waals surface area (Å²) in [6, 6.07) is 0. The first kappa shape index (κ1) is 17.6. The van der Waals surface area contributed by atoms with Gasteiger partial charge in [-0.25, -0.2) is 9.78 Å². The summed E-state index contributed by atoms with van der Waals surface area (Å²) in [6.07, 6.45) is 2.35. The van der Waals surface area contributed by atoms with Crippen LogP contribution in [0.15, 0.2) is 5.38 Å². The van der Waals surface area contributed by atoms with Gasteiger partial charge >= 0.3 is 5.97 Å². The summed E-state index contributed by atoms with van der Waals surface area (Å²) in [5, 5.41) is 2.44. The van der Waals surface area contributed by atoms with Gasteiger partial charge in [0.15, 0.2) is 5.69 Å². The zero-order valence-electron chi connectivity index (χ0n) is 13.2. The molecule has 1 aromatic heterocycles. The summed E-state index contributed by atoms with van der Waals surface area (Å²) < 4.78 is 4.64. The highest BCUT2D eigenvalue weighted by Gasteiger charge is 2.17. The number of rotatable bonds is 8. The van der Waals surface area contributed by atoms with Crippen LogP contribution in [0, 0.1) is 5.92 Å². The number of thiazole rings is 1. The lowest BCUT2D eigenvalue weighted by Gasteiger charge is -2.22. The van der Waals surface area contributed by atoms with Crippen molar-refractivity contribution in [1.29, 1.82) is 0 Å². The van der Waals surface area contributed by atoms with Crippen LogP contribution >= 0.6 is 11.3 Å². The zero-order valence-corrected chi connectivity index (χ0v) is 14.0. The molecule has 5 nitrogen and oxygen atoms in total. The second kappa shape index (κ2) is 8.77. The van der Waals surface area contributed by atoms with Crippen molar-refractivity contribution in [3.8, 4) is 0 Å². The fourth-order valence-electron chi connectivity index (χ4n) is 1.82. The van der Waals surface area contributed by atoms with Crippen LogP contribution in [0.5, 0.6) is 0 Å². The first-order valence-corrected chi connectivity index (χ1v) is 8.16. The molecule has 0 saturated heterocycles. The zero-order chi connectivity index (χ0) is 15.8. The summed E-state index contributed by atoms with van der Waals surface area (Å²) in [6.45, 7) is 7.47. The predicted octanol–water partition coefficient (Wildman–Crippen LogP) is 3.10. The predicted molar refractivity (Wildman–Crippen MR) is 83.2 cm³/mol. The lowest BCUT2D eigenvalue weighted by Crippen LogP contribution is -2.31. The smallest absolute Gasteiger partial charge is 0.357 e. The van der Waals surface area contributed by atoms with E-state index in [2.05, 4.69) is 23.6 Å². The minimum atomic E-state index is -0.439. The number of aromatic nitrogens is 1. The summed E-state index contributed by atoms with van der Waals surface area (Å²) in [5.74, 6) is 0.253. The lowest BCUT2D eigenvalue weighted by atomic mass is 10.1. The van der Waals surface area contributed by atoms with E-state index in [1.807, 2.05) is 11.8 Å². The summed E-state index contributed by atoms with van der Waals surface area (Å²) in [7, 11) is 1.33. The molecule has 0 radical (unpaired) electrons. The minimum absolute atomic E-state index is 0.146. The molecule has 118 valence electrons. The Kier molecular flexibility index (Phi) is 7.36. The molecule has 0 N–H and O–H groups in total. The Balaban J connectivity index is 2.72. The molecule has 1 amide bonds. The lowest BCUT2D eigenvalue weighted by molar-refractivity contribution is -0.132. The molecule has 0 aliphatic carbocycles. The van der Waals surface area contributed by atoms with E-state index in [1.54, 1.807) is 5.38 Å². The maximum atomic E-state index is 12.2. The highest BCUT2D eigenvalue weighted by molar-refractivity contribution is 7.09. The largest absolute Gasteiger partial charge is 0.464 e. The summed E-state index contributed by atoms with van der Waals surface area (Å²) >= 11 is 1.39. The Labute approximate surface area is 130 Å². The van der Waals surface area contributed by atoms with Crippen LogP contribution in [0.3, 0.4) is 0 Å². The number of amides is 1. The highest BCUT2D eigenvalue weighted by atomic mass is 32.1. The second-order valence-corrected chi connectivity index (χ2v) is 6.31. The van der Waals surface area contributed by atoms with E-state index < -0.39 is 5.97 Å². The number of carbonyl (C=O) groups is 2. The first-order chi connectivity index (χ1) is 9.97. The monoisotopic (exact) mass is 312 g/mol. The normalized spacial score (nSPS) is 10.7. The van der Waals surface area contributed by atoms with Crippen molar-refractivity contribution in [2.45, 2.75) is 46.6 Å². The molecule has 0 fully saturated rings. The van der Waals surface area contributed by atoms with Gasteiger partial charge in [0.05, 0.1) is 13.7 Å². The third-order valence-electron chi connectivity index (χ3n) is 3.07. The van der Waals surface area contributed by atoms with E-state index in [0.717, 1.165) is 24.4 Å². The molecule has 0 spiro atoms. The average Bonchev–Trinajstić information content (AvgIpc) is 2.91. The molecule has 1 heterocycles. The Hall–Kier alpha value is -1.43. The SMILES string of the molecule is CCCC(=O)N(CCC(C)C)Cc1nc(C(=O)OC)cs1. The molecule has 0 unspecified atom stereocenters. The van der Waals surface area contributed by atoms with Crippen molar-refractivity contribution in [3.05, 3.63) is 16.1 Å². The van der Waals surface area contributed by atoms with Crippen LogP contribution in [0.1, 0.15) is 55.5 Å². The summed E-state index contributed by atoms with van der Waals surface area (Å²) in [4.78, 5) is 29.7. The molecule has 0 saturated carbocycles. The maximum Gasteiger partial charge on any atom is 0.357 e. The highest BCUT2D eigenvalue weighted by Crippen LogP contribution is 2.15. The van der Waals surface area contributed by atoms with E-state index in [4.69, 9.17) is 0 Å². The average molecular weight is 312 g/mol. The maximum absolute atomic E-state index is 12.2. The van der Waals surface area contributed by atoms with E-state index in [0.29, 0.717) is 24.6 Å². The number of hydrogen-bond acceptors (Lipinski definition) is 5. The van der Waals surface area contributed by atoms with E-state index >= 15 is 0 Å². The van der Waals surface area contributed by atoms with Gasteiger partial charge in [0.25, 0.3) is 0 Å². The van der Waals surface area contributed by atoms with Gasteiger partial charge in [-0.1, -0.05) is 20.8 Å². The third-order valence-corrected chi connectivity index (χ3v) is 3.90. The van der Waals surface area contributed by atoms with E-state index in [-0.39, 0.29) is 5.91 Å². The van der Waals surface area contributed by atoms with Crippen LogP contribution < -0.4 is 0 Å². The number of methoxy groups -OCH3 is 1. The number of nitrogens with zero attached hydrogens (tertiary/aromatic N) is 2. The fraction of sp³-hybridized carbons (Fsp3) is 0.667. The topological polar surface area (TPSA) is 59.5 Å². The molecule has 0 aliphatic rings. The molecule has 1 rings (SSSR count). The number of esters is 1. The van der Waals surface area contributed by atoms with E-state index in [9.17, 15) is 9.59 Å². The molecule has 6 heteroatoms. The quantitative estimate of drug-likeness (QED) is 0.692. The Morgan fingerprint density at radius 3 is 2.71 bits per heavy atom. The molecule has 21 heavy (non-hydrogen) atoms. The fourth-order valence-corrected chi connectivity index (χ4v) is 2.60. The van der Waals surface area contributed by atoms with Crippen molar-refractivity contribution in [2.24, 2.45) is 5.92 Å². The standard InChI is InChI=1S/C15H24N2O3S/c1-5-6-14(18)17(8-7-11(2)3)9-13-16-12(10-21-13)15(19)20-4/h10-11H,5-9H2,1-4H3. The molecule has 0 bridgehead atoms. The Morgan fingerprint density at radius 2 is 2.14 bits per heavy atom. The second-order valence-electron chi connectivity index (χ2n) is 5.37. The van der Waals surface area contributed by atoms with Crippen LogP contribution in [0.4, 0.5) is 0 Å². The van der Waals surface area contributed by atoms with Crippen molar-refractivity contribution in [3.63, 3.8) is 0 Å². The van der Waals surface area contributed by atoms with Crippen LogP contribution in [-0.2, 0) is 16.1 Å². The number of ether oxygens (including phenoxy) is 1. The molecular weight excluding hydrogens is 288 g/mol. The van der Waals surface area contributed by atoms with Gasteiger partial charge in [0.1, 0.15) is 5.01 Å². The molecule has 0 aromatic carbocycles. The summed E-state index contributed by atoms with van der Waals surface area (Å²) in [5.41, 5.74) is 0.309. The molecular formula is C15H24N2O3S. The van der Waals surface area contributed by atoms with Crippen molar-refractivity contribution >= 4 is 23.2 Å². The van der Waals surface area contributed by atoms with Gasteiger partial charge in [-0.15, -0.1) is 11.3 Å². The van der Waals surface area contributed by atoms with E-state index in [1.165, 1.54) is 18.4 Å². The van der Waals surface area contributed by atoms with Gasteiger partial charge < -0.3 is 9.64 Å². The third kappa shape index (κ3) is 5.83.